The van der Waals surface area contributed by atoms with Gasteiger partial charge in [0.15, 0.2) is 11.5 Å². The maximum atomic E-state index is 10.3. The van der Waals surface area contributed by atoms with Crippen molar-refractivity contribution in [1.29, 1.82) is 0 Å². The lowest BCUT2D eigenvalue weighted by atomic mass is 10.1. The van der Waals surface area contributed by atoms with Gasteiger partial charge in [0.1, 0.15) is 0 Å². The first-order valence-electron chi connectivity index (χ1n) is 3.43. The van der Waals surface area contributed by atoms with Crippen molar-refractivity contribution in [3.63, 3.8) is 0 Å². The molecule has 0 saturated heterocycles. The molecule has 1 aromatic rings. The zero-order valence-corrected chi connectivity index (χ0v) is 7.25. The van der Waals surface area contributed by atoms with Gasteiger partial charge in [0.25, 0.3) is 0 Å². The van der Waals surface area contributed by atoms with Crippen LogP contribution in [0.2, 0.25) is 5.02 Å². The molecule has 5 heteroatoms. The van der Waals surface area contributed by atoms with E-state index in [4.69, 9.17) is 21.8 Å². The van der Waals surface area contributed by atoms with E-state index in [2.05, 4.69) is 0 Å². The average Bonchev–Trinajstić information content (AvgIpc) is 1.98. The van der Waals surface area contributed by atoms with Crippen LogP contribution in [0.4, 0.5) is 0 Å². The van der Waals surface area contributed by atoms with Crippen LogP contribution in [-0.4, -0.2) is 21.3 Å². The summed E-state index contributed by atoms with van der Waals surface area (Å²) < 4.78 is 0. The third-order valence-corrected chi connectivity index (χ3v) is 1.69. The topological polar surface area (TPSA) is 77.8 Å². The van der Waals surface area contributed by atoms with Crippen LogP contribution in [0.5, 0.6) is 11.5 Å². The molecule has 0 aromatic heterocycles. The van der Waals surface area contributed by atoms with E-state index in [0.717, 1.165) is 6.07 Å². The minimum absolute atomic E-state index is 0.0949. The van der Waals surface area contributed by atoms with Crippen LogP contribution >= 0.6 is 11.6 Å². The summed E-state index contributed by atoms with van der Waals surface area (Å²) in [6.45, 7) is 0. The van der Waals surface area contributed by atoms with Crippen molar-refractivity contribution in [3.05, 3.63) is 22.7 Å². The van der Waals surface area contributed by atoms with Crippen molar-refractivity contribution >= 4 is 17.6 Å². The highest BCUT2D eigenvalue weighted by Gasteiger charge is 2.11. The van der Waals surface area contributed by atoms with Crippen LogP contribution in [0.15, 0.2) is 12.1 Å². The Morgan fingerprint density at radius 2 is 2.00 bits per heavy atom. The Labute approximate surface area is 79.0 Å². The Morgan fingerprint density at radius 3 is 2.54 bits per heavy atom. The monoisotopic (exact) mass is 202 g/mol. The first kappa shape index (κ1) is 9.67. The highest BCUT2D eigenvalue weighted by Crippen LogP contribution is 2.32. The summed E-state index contributed by atoms with van der Waals surface area (Å²) in [6, 6.07) is 2.44. The van der Waals surface area contributed by atoms with Crippen LogP contribution in [-0.2, 0) is 11.2 Å². The number of aromatic hydroxyl groups is 2. The third kappa shape index (κ3) is 2.26. The maximum Gasteiger partial charge on any atom is 0.307 e. The molecule has 1 aromatic carbocycles. The van der Waals surface area contributed by atoms with Gasteiger partial charge in [-0.15, -0.1) is 0 Å². The van der Waals surface area contributed by atoms with E-state index in [0.29, 0.717) is 0 Å². The van der Waals surface area contributed by atoms with E-state index >= 15 is 0 Å². The second-order valence-electron chi connectivity index (χ2n) is 2.50. The van der Waals surface area contributed by atoms with Gasteiger partial charge in [-0.1, -0.05) is 11.6 Å². The van der Waals surface area contributed by atoms with Gasteiger partial charge in [0.05, 0.1) is 6.42 Å². The standard InChI is InChI=1S/C8H7ClO4/c9-5-1-4(2-7(11)12)8(13)6(10)3-5/h1,3,10,13H,2H2,(H,11,12). The number of rotatable bonds is 2. The molecular formula is C8H7ClO4. The van der Waals surface area contributed by atoms with Gasteiger partial charge in [-0.25, -0.2) is 0 Å². The first-order valence-corrected chi connectivity index (χ1v) is 3.80. The van der Waals surface area contributed by atoms with Crippen molar-refractivity contribution in [2.75, 3.05) is 0 Å². The van der Waals surface area contributed by atoms with E-state index in [-0.39, 0.29) is 17.0 Å². The Kier molecular flexibility index (Phi) is 2.63. The molecule has 0 aliphatic rings. The molecule has 0 bridgehead atoms. The lowest BCUT2D eigenvalue weighted by Crippen LogP contribution is -2.00. The number of hydrogen-bond acceptors (Lipinski definition) is 3. The number of carboxylic acids is 1. The lowest BCUT2D eigenvalue weighted by molar-refractivity contribution is -0.136. The normalized spacial score (nSPS) is 9.92. The largest absolute Gasteiger partial charge is 0.504 e. The number of carboxylic acid groups (broad SMARTS) is 1. The fraction of sp³-hybridized carbons (Fsp3) is 0.125. The maximum absolute atomic E-state index is 10.3. The van der Waals surface area contributed by atoms with E-state index in [1.165, 1.54) is 6.07 Å². The van der Waals surface area contributed by atoms with Gasteiger partial charge in [-0.2, -0.15) is 0 Å². The van der Waals surface area contributed by atoms with Crippen molar-refractivity contribution in [2.45, 2.75) is 6.42 Å². The smallest absolute Gasteiger partial charge is 0.307 e. The summed E-state index contributed by atoms with van der Waals surface area (Å²) in [4.78, 5) is 10.3. The Balaban J connectivity index is 3.12. The molecule has 0 aliphatic heterocycles. The molecule has 0 spiro atoms. The second kappa shape index (κ2) is 3.53. The van der Waals surface area contributed by atoms with E-state index in [9.17, 15) is 9.90 Å². The SMILES string of the molecule is O=C(O)Cc1cc(Cl)cc(O)c1O. The van der Waals surface area contributed by atoms with Crippen LogP contribution in [0.25, 0.3) is 0 Å². The minimum atomic E-state index is -1.10. The van der Waals surface area contributed by atoms with E-state index in [1.807, 2.05) is 0 Å². The molecule has 0 aliphatic carbocycles. The molecule has 3 N–H and O–H groups in total. The molecule has 0 atom stereocenters. The summed E-state index contributed by atoms with van der Waals surface area (Å²) in [7, 11) is 0. The molecule has 13 heavy (non-hydrogen) atoms. The van der Waals surface area contributed by atoms with Crippen molar-refractivity contribution in [3.8, 4) is 11.5 Å². The number of carbonyl (C=O) groups is 1. The van der Waals surface area contributed by atoms with Crippen LogP contribution < -0.4 is 0 Å². The van der Waals surface area contributed by atoms with Crippen LogP contribution in [0, 0.1) is 0 Å². The molecule has 0 heterocycles. The summed E-state index contributed by atoms with van der Waals surface area (Å²) in [5.41, 5.74) is 0.0949. The van der Waals surface area contributed by atoms with Crippen molar-refractivity contribution < 1.29 is 20.1 Å². The van der Waals surface area contributed by atoms with Crippen LogP contribution in [0.3, 0.4) is 0 Å². The molecule has 0 amide bonds. The number of halogens is 1. The quantitative estimate of drug-likeness (QED) is 0.633. The predicted molar refractivity (Wildman–Crippen MR) is 46.1 cm³/mol. The van der Waals surface area contributed by atoms with Gasteiger partial charge in [-0.3, -0.25) is 4.79 Å². The highest BCUT2D eigenvalue weighted by molar-refractivity contribution is 6.30. The number of benzene rings is 1. The summed E-state index contributed by atoms with van der Waals surface area (Å²) in [6.07, 6.45) is -0.375. The minimum Gasteiger partial charge on any atom is -0.504 e. The Morgan fingerprint density at radius 1 is 1.38 bits per heavy atom. The average molecular weight is 203 g/mol. The third-order valence-electron chi connectivity index (χ3n) is 1.48. The van der Waals surface area contributed by atoms with Gasteiger partial charge in [0.2, 0.25) is 0 Å². The van der Waals surface area contributed by atoms with Gasteiger partial charge in [-0.05, 0) is 6.07 Å². The molecule has 0 radical (unpaired) electrons. The summed E-state index contributed by atoms with van der Waals surface area (Å²) in [5.74, 6) is -1.95. The Hall–Kier alpha value is -1.42. The molecular weight excluding hydrogens is 196 g/mol. The molecule has 0 saturated carbocycles. The van der Waals surface area contributed by atoms with E-state index in [1.54, 1.807) is 0 Å². The molecule has 0 fully saturated rings. The zero-order chi connectivity index (χ0) is 10.0. The van der Waals surface area contributed by atoms with Crippen molar-refractivity contribution in [2.24, 2.45) is 0 Å². The van der Waals surface area contributed by atoms with Crippen LogP contribution in [0.1, 0.15) is 5.56 Å². The number of hydrogen-bond donors (Lipinski definition) is 3. The number of aliphatic carboxylic acids is 1. The molecule has 1 rings (SSSR count). The molecule has 70 valence electrons. The fourth-order valence-corrected chi connectivity index (χ4v) is 1.17. The predicted octanol–water partition coefficient (Wildman–Crippen LogP) is 1.38. The lowest BCUT2D eigenvalue weighted by Gasteiger charge is -2.04. The summed E-state index contributed by atoms with van der Waals surface area (Å²) in [5, 5.41) is 26.9. The van der Waals surface area contributed by atoms with E-state index < -0.39 is 17.5 Å². The molecule has 0 unspecified atom stereocenters. The molecule has 4 nitrogen and oxygen atoms in total. The van der Waals surface area contributed by atoms with Gasteiger partial charge >= 0.3 is 5.97 Å². The summed E-state index contributed by atoms with van der Waals surface area (Å²) >= 11 is 5.54. The zero-order valence-electron chi connectivity index (χ0n) is 6.49. The number of phenolic OH excluding ortho intramolecular Hbond substituents is 2. The number of phenols is 2. The second-order valence-corrected chi connectivity index (χ2v) is 2.94. The van der Waals surface area contributed by atoms with Crippen molar-refractivity contribution in [1.82, 2.24) is 0 Å². The van der Waals surface area contributed by atoms with Gasteiger partial charge < -0.3 is 15.3 Å². The fourth-order valence-electron chi connectivity index (χ4n) is 0.938. The Bertz CT molecular complexity index is 348. The highest BCUT2D eigenvalue weighted by atomic mass is 35.5. The van der Waals surface area contributed by atoms with Gasteiger partial charge in [0, 0.05) is 16.7 Å². The first-order chi connectivity index (χ1) is 6.00.